The molecule has 3 N–H and O–H groups in total. The predicted molar refractivity (Wildman–Crippen MR) is 73.2 cm³/mol. The van der Waals surface area contributed by atoms with Crippen molar-refractivity contribution in [2.75, 3.05) is 11.9 Å². The minimum Gasteiger partial charge on any atom is -0.377 e. The molecule has 0 saturated heterocycles. The fourth-order valence-corrected chi connectivity index (χ4v) is 2.02. The first-order chi connectivity index (χ1) is 9.11. The number of halogens is 3. The lowest BCUT2D eigenvalue weighted by atomic mass is 10.1. The Hall–Kier alpha value is -1.65. The largest absolute Gasteiger partial charge is 0.377 e. The Morgan fingerprint density at radius 3 is 2.58 bits per heavy atom. The van der Waals surface area contributed by atoms with Crippen molar-refractivity contribution in [1.82, 2.24) is 0 Å². The van der Waals surface area contributed by atoms with Gasteiger partial charge < -0.3 is 11.1 Å². The number of hydrogen-bond acceptors (Lipinski definition) is 2. The lowest BCUT2D eigenvalue weighted by Gasteiger charge is -2.19. The van der Waals surface area contributed by atoms with Gasteiger partial charge >= 0.3 is 0 Å². The van der Waals surface area contributed by atoms with Gasteiger partial charge in [-0.05, 0) is 24.3 Å². The third-order valence-electron chi connectivity index (χ3n) is 2.76. The van der Waals surface area contributed by atoms with Gasteiger partial charge in [0.25, 0.3) is 0 Å². The van der Waals surface area contributed by atoms with Crippen molar-refractivity contribution in [3.05, 3.63) is 64.7 Å². The van der Waals surface area contributed by atoms with E-state index in [4.69, 9.17) is 17.3 Å². The van der Waals surface area contributed by atoms with Crippen molar-refractivity contribution in [3.63, 3.8) is 0 Å². The summed E-state index contributed by atoms with van der Waals surface area (Å²) < 4.78 is 26.9. The molecular weight excluding hydrogens is 270 g/mol. The van der Waals surface area contributed by atoms with Gasteiger partial charge in [-0.2, -0.15) is 0 Å². The van der Waals surface area contributed by atoms with E-state index in [2.05, 4.69) is 5.32 Å². The van der Waals surface area contributed by atoms with Crippen molar-refractivity contribution < 1.29 is 8.78 Å². The number of rotatable bonds is 4. The summed E-state index contributed by atoms with van der Waals surface area (Å²) in [6.07, 6.45) is 0. The first-order valence-electron chi connectivity index (χ1n) is 5.78. The van der Waals surface area contributed by atoms with Crippen LogP contribution in [0.5, 0.6) is 0 Å². The second-order valence-electron chi connectivity index (χ2n) is 4.09. The van der Waals surface area contributed by atoms with Gasteiger partial charge in [0, 0.05) is 22.8 Å². The normalized spacial score (nSPS) is 12.2. The lowest BCUT2D eigenvalue weighted by molar-refractivity contribution is 0.492. The Kier molecular flexibility index (Phi) is 4.35. The molecule has 0 aromatic heterocycles. The minimum absolute atomic E-state index is 0.132. The van der Waals surface area contributed by atoms with Crippen LogP contribution >= 0.6 is 11.6 Å². The number of hydrogen-bond donors (Lipinski definition) is 2. The highest BCUT2D eigenvalue weighted by Crippen LogP contribution is 2.24. The molecule has 0 heterocycles. The average Bonchev–Trinajstić information content (AvgIpc) is 2.40. The summed E-state index contributed by atoms with van der Waals surface area (Å²) in [5.74, 6) is -1.77. The Bertz CT molecular complexity index is 575. The smallest absolute Gasteiger partial charge is 0.164 e. The topological polar surface area (TPSA) is 38.0 Å². The molecule has 0 radical (unpaired) electrons. The van der Waals surface area contributed by atoms with Crippen molar-refractivity contribution >= 4 is 17.3 Å². The minimum atomic E-state index is -0.885. The molecule has 0 fully saturated rings. The van der Waals surface area contributed by atoms with E-state index in [1.807, 2.05) is 0 Å². The summed E-state index contributed by atoms with van der Waals surface area (Å²) in [5.41, 5.74) is 6.52. The average molecular weight is 283 g/mol. The summed E-state index contributed by atoms with van der Waals surface area (Å²) in [6.45, 7) is 0.132. The zero-order valence-corrected chi connectivity index (χ0v) is 10.8. The standard InChI is InChI=1S/C14H13ClF2N2/c15-9-3-1-4-10(7-9)19-13(8-18)11-5-2-6-12(16)14(11)17/h1-7,13,19H,8,18H2. The monoisotopic (exact) mass is 282 g/mol. The molecule has 0 spiro atoms. The molecule has 5 heteroatoms. The molecule has 0 aliphatic rings. The zero-order chi connectivity index (χ0) is 13.8. The number of nitrogens with one attached hydrogen (secondary N) is 1. The second-order valence-corrected chi connectivity index (χ2v) is 4.52. The van der Waals surface area contributed by atoms with E-state index in [0.29, 0.717) is 10.7 Å². The number of benzene rings is 2. The molecular formula is C14H13ClF2N2. The molecule has 1 atom stereocenters. The molecule has 2 aromatic rings. The van der Waals surface area contributed by atoms with Gasteiger partial charge in [0.1, 0.15) is 0 Å². The van der Waals surface area contributed by atoms with Crippen LogP contribution in [0.1, 0.15) is 11.6 Å². The third-order valence-corrected chi connectivity index (χ3v) is 2.99. The van der Waals surface area contributed by atoms with Crippen LogP contribution in [0.3, 0.4) is 0 Å². The summed E-state index contributed by atoms with van der Waals surface area (Å²) in [4.78, 5) is 0. The van der Waals surface area contributed by atoms with E-state index in [-0.39, 0.29) is 12.1 Å². The van der Waals surface area contributed by atoms with Crippen molar-refractivity contribution in [1.29, 1.82) is 0 Å². The lowest BCUT2D eigenvalue weighted by Crippen LogP contribution is -2.22. The quantitative estimate of drug-likeness (QED) is 0.897. The van der Waals surface area contributed by atoms with Gasteiger partial charge in [-0.15, -0.1) is 0 Å². The van der Waals surface area contributed by atoms with Gasteiger partial charge in [-0.1, -0.05) is 29.8 Å². The molecule has 2 nitrogen and oxygen atoms in total. The Labute approximate surface area is 115 Å². The van der Waals surface area contributed by atoms with E-state index in [1.165, 1.54) is 12.1 Å². The molecule has 19 heavy (non-hydrogen) atoms. The van der Waals surface area contributed by atoms with Gasteiger partial charge in [0.05, 0.1) is 6.04 Å². The summed E-state index contributed by atoms with van der Waals surface area (Å²) in [5, 5.41) is 3.59. The predicted octanol–water partition coefficient (Wildman–Crippen LogP) is 3.73. The SMILES string of the molecule is NCC(Nc1cccc(Cl)c1)c1cccc(F)c1F. The van der Waals surface area contributed by atoms with Crippen LogP contribution in [0.15, 0.2) is 42.5 Å². The second kappa shape index (κ2) is 5.99. The first kappa shape index (κ1) is 13.8. The van der Waals surface area contributed by atoms with Crippen LogP contribution < -0.4 is 11.1 Å². The van der Waals surface area contributed by atoms with Crippen LogP contribution in [0.2, 0.25) is 5.02 Å². The van der Waals surface area contributed by atoms with Crippen molar-refractivity contribution in [2.45, 2.75) is 6.04 Å². The molecule has 0 aliphatic heterocycles. The molecule has 100 valence electrons. The van der Waals surface area contributed by atoms with Crippen LogP contribution in [0.25, 0.3) is 0 Å². The maximum Gasteiger partial charge on any atom is 0.164 e. The highest BCUT2D eigenvalue weighted by Gasteiger charge is 2.16. The van der Waals surface area contributed by atoms with Crippen LogP contribution in [-0.4, -0.2) is 6.54 Å². The Morgan fingerprint density at radius 2 is 1.89 bits per heavy atom. The van der Waals surface area contributed by atoms with Crippen LogP contribution in [0, 0.1) is 11.6 Å². The van der Waals surface area contributed by atoms with Crippen LogP contribution in [-0.2, 0) is 0 Å². The van der Waals surface area contributed by atoms with Gasteiger partial charge in [-0.25, -0.2) is 8.78 Å². The van der Waals surface area contributed by atoms with Crippen molar-refractivity contribution in [2.24, 2.45) is 5.73 Å². The molecule has 0 amide bonds. The maximum absolute atomic E-state index is 13.7. The van der Waals surface area contributed by atoms with Gasteiger partial charge in [0.2, 0.25) is 0 Å². The van der Waals surface area contributed by atoms with Crippen molar-refractivity contribution in [3.8, 4) is 0 Å². The van der Waals surface area contributed by atoms with E-state index >= 15 is 0 Å². The van der Waals surface area contributed by atoms with E-state index < -0.39 is 17.7 Å². The van der Waals surface area contributed by atoms with Gasteiger partial charge in [0.15, 0.2) is 11.6 Å². The highest BCUT2D eigenvalue weighted by atomic mass is 35.5. The fourth-order valence-electron chi connectivity index (χ4n) is 1.83. The molecule has 0 aliphatic carbocycles. The summed E-state index contributed by atoms with van der Waals surface area (Å²) in [6, 6.07) is 10.5. The molecule has 0 saturated carbocycles. The molecule has 1 unspecified atom stereocenters. The maximum atomic E-state index is 13.7. The fraction of sp³-hybridized carbons (Fsp3) is 0.143. The highest BCUT2D eigenvalue weighted by molar-refractivity contribution is 6.30. The third kappa shape index (κ3) is 3.22. The first-order valence-corrected chi connectivity index (χ1v) is 6.15. The number of nitrogens with two attached hydrogens (primary N) is 1. The van der Waals surface area contributed by atoms with Crippen LogP contribution in [0.4, 0.5) is 14.5 Å². The van der Waals surface area contributed by atoms with Gasteiger partial charge in [-0.3, -0.25) is 0 Å². The Morgan fingerprint density at radius 1 is 1.16 bits per heavy atom. The van der Waals surface area contributed by atoms with E-state index in [1.54, 1.807) is 24.3 Å². The van der Waals surface area contributed by atoms with E-state index in [9.17, 15) is 8.78 Å². The summed E-state index contributed by atoms with van der Waals surface area (Å²) in [7, 11) is 0. The molecule has 0 bridgehead atoms. The Balaban J connectivity index is 2.28. The molecule has 2 aromatic carbocycles. The van der Waals surface area contributed by atoms with E-state index in [0.717, 1.165) is 6.07 Å². The summed E-state index contributed by atoms with van der Waals surface area (Å²) >= 11 is 5.87. The number of anilines is 1. The molecule has 2 rings (SSSR count). The zero-order valence-electron chi connectivity index (χ0n) is 10.0.